The normalized spacial score (nSPS) is 16.9. The highest BCUT2D eigenvalue weighted by Crippen LogP contribution is 2.19. The SMILES string of the molecule is CN[C@@H](CC(C)C)C(=O)C(C)(O)C(=O)OC(C)(C)C. The van der Waals surface area contributed by atoms with Crippen LogP contribution in [-0.4, -0.2) is 41.2 Å². The number of carbonyl (C=O) groups is 2. The molecule has 0 fully saturated rings. The summed E-state index contributed by atoms with van der Waals surface area (Å²) >= 11 is 0. The van der Waals surface area contributed by atoms with E-state index in [1.165, 1.54) is 6.92 Å². The van der Waals surface area contributed by atoms with Crippen molar-refractivity contribution in [2.75, 3.05) is 7.05 Å². The van der Waals surface area contributed by atoms with E-state index < -0.39 is 29.0 Å². The van der Waals surface area contributed by atoms with Crippen molar-refractivity contribution in [1.29, 1.82) is 0 Å². The lowest BCUT2D eigenvalue weighted by Crippen LogP contribution is -2.54. The predicted octanol–water partition coefficient (Wildman–Crippen LogP) is 1.28. The van der Waals surface area contributed by atoms with Gasteiger partial charge in [0.05, 0.1) is 6.04 Å². The summed E-state index contributed by atoms with van der Waals surface area (Å²) < 4.78 is 5.09. The summed E-state index contributed by atoms with van der Waals surface area (Å²) in [5, 5.41) is 13.0. The minimum atomic E-state index is -2.13. The molecule has 0 aliphatic heterocycles. The lowest BCUT2D eigenvalue weighted by Gasteiger charge is -2.29. The summed E-state index contributed by atoms with van der Waals surface area (Å²) in [4.78, 5) is 24.2. The maximum Gasteiger partial charge on any atom is 0.346 e. The molecule has 0 aromatic heterocycles. The molecule has 0 radical (unpaired) electrons. The predicted molar refractivity (Wildman–Crippen MR) is 73.8 cm³/mol. The first-order valence-electron chi connectivity index (χ1n) is 6.59. The zero-order valence-electron chi connectivity index (χ0n) is 13.0. The van der Waals surface area contributed by atoms with Gasteiger partial charge in [-0.05, 0) is 47.1 Å². The first kappa shape index (κ1) is 18.1. The molecule has 5 heteroatoms. The fraction of sp³-hybridized carbons (Fsp3) is 0.857. The first-order chi connectivity index (χ1) is 8.41. The first-order valence-corrected chi connectivity index (χ1v) is 6.59. The van der Waals surface area contributed by atoms with Gasteiger partial charge < -0.3 is 15.2 Å². The van der Waals surface area contributed by atoms with E-state index in [0.717, 1.165) is 0 Å². The molecule has 0 spiro atoms. The van der Waals surface area contributed by atoms with Crippen LogP contribution in [0.5, 0.6) is 0 Å². The third-order valence-corrected chi connectivity index (χ3v) is 2.65. The average molecular weight is 273 g/mol. The van der Waals surface area contributed by atoms with Crippen molar-refractivity contribution in [3.05, 3.63) is 0 Å². The quantitative estimate of drug-likeness (QED) is 0.563. The van der Waals surface area contributed by atoms with Crippen LogP contribution in [0.15, 0.2) is 0 Å². The molecule has 0 amide bonds. The summed E-state index contributed by atoms with van der Waals surface area (Å²) in [6.07, 6.45) is 0.550. The molecule has 2 N–H and O–H groups in total. The lowest BCUT2D eigenvalue weighted by molar-refractivity contribution is -0.179. The van der Waals surface area contributed by atoms with Crippen molar-refractivity contribution in [1.82, 2.24) is 5.32 Å². The highest BCUT2D eigenvalue weighted by molar-refractivity contribution is 6.08. The molecule has 0 aliphatic rings. The Morgan fingerprint density at radius 2 is 1.68 bits per heavy atom. The van der Waals surface area contributed by atoms with Gasteiger partial charge in [-0.25, -0.2) is 4.79 Å². The van der Waals surface area contributed by atoms with Crippen LogP contribution in [-0.2, 0) is 14.3 Å². The molecule has 0 rings (SSSR count). The molecule has 19 heavy (non-hydrogen) atoms. The number of ether oxygens (including phenoxy) is 1. The van der Waals surface area contributed by atoms with Gasteiger partial charge in [-0.2, -0.15) is 0 Å². The molecule has 112 valence electrons. The second-order valence-corrected chi connectivity index (χ2v) is 6.41. The molecule has 0 bridgehead atoms. The van der Waals surface area contributed by atoms with E-state index in [0.29, 0.717) is 6.42 Å². The van der Waals surface area contributed by atoms with E-state index in [4.69, 9.17) is 4.74 Å². The van der Waals surface area contributed by atoms with Gasteiger partial charge in [-0.15, -0.1) is 0 Å². The fourth-order valence-corrected chi connectivity index (χ4v) is 1.64. The third-order valence-electron chi connectivity index (χ3n) is 2.65. The second-order valence-electron chi connectivity index (χ2n) is 6.41. The highest BCUT2D eigenvalue weighted by Gasteiger charge is 2.44. The van der Waals surface area contributed by atoms with Crippen LogP contribution >= 0.6 is 0 Å². The van der Waals surface area contributed by atoms with Crippen LogP contribution in [0.2, 0.25) is 0 Å². The number of aliphatic hydroxyl groups is 1. The van der Waals surface area contributed by atoms with Gasteiger partial charge in [-0.3, -0.25) is 4.79 Å². The van der Waals surface area contributed by atoms with Crippen molar-refractivity contribution in [2.24, 2.45) is 5.92 Å². The van der Waals surface area contributed by atoms with E-state index in [-0.39, 0.29) is 5.92 Å². The van der Waals surface area contributed by atoms with E-state index in [9.17, 15) is 14.7 Å². The number of carbonyl (C=O) groups excluding carboxylic acids is 2. The number of nitrogens with one attached hydrogen (secondary N) is 1. The maximum atomic E-state index is 12.2. The molecule has 1 unspecified atom stereocenters. The molecule has 5 nitrogen and oxygen atoms in total. The Bertz CT molecular complexity index is 329. The number of Topliss-reactive ketones (excluding diaryl/α,β-unsaturated/α-hetero) is 1. The van der Waals surface area contributed by atoms with Gasteiger partial charge in [0.25, 0.3) is 0 Å². The Kier molecular flexibility index (Phi) is 6.16. The largest absolute Gasteiger partial charge is 0.457 e. The Labute approximate surface area is 115 Å². The number of esters is 1. The van der Waals surface area contributed by atoms with E-state index in [1.807, 2.05) is 13.8 Å². The van der Waals surface area contributed by atoms with Crippen molar-refractivity contribution in [3.8, 4) is 0 Å². The monoisotopic (exact) mass is 273 g/mol. The molecule has 0 saturated carbocycles. The Balaban J connectivity index is 4.96. The van der Waals surface area contributed by atoms with E-state index in [2.05, 4.69) is 5.32 Å². The Morgan fingerprint density at radius 1 is 1.21 bits per heavy atom. The molecule has 0 aromatic rings. The molecule has 2 atom stereocenters. The van der Waals surface area contributed by atoms with Gasteiger partial charge in [-0.1, -0.05) is 13.8 Å². The standard InChI is InChI=1S/C14H27NO4/c1-9(2)8-10(15-7)11(16)14(6,18)12(17)19-13(3,4)5/h9-10,15,18H,8H2,1-7H3/t10-,14?/m0/s1. The molecule has 0 aliphatic carbocycles. The third kappa shape index (κ3) is 5.70. The van der Waals surface area contributed by atoms with E-state index in [1.54, 1.807) is 27.8 Å². The zero-order valence-corrected chi connectivity index (χ0v) is 13.0. The number of ketones is 1. The smallest absolute Gasteiger partial charge is 0.346 e. The topological polar surface area (TPSA) is 75.6 Å². The van der Waals surface area contributed by atoms with Gasteiger partial charge in [0, 0.05) is 0 Å². The summed E-state index contributed by atoms with van der Waals surface area (Å²) in [7, 11) is 1.64. The zero-order chi connectivity index (χ0) is 15.4. The molecule has 0 heterocycles. The van der Waals surface area contributed by atoms with Gasteiger partial charge in [0.1, 0.15) is 5.60 Å². The minimum Gasteiger partial charge on any atom is -0.457 e. The fourth-order valence-electron chi connectivity index (χ4n) is 1.64. The summed E-state index contributed by atoms with van der Waals surface area (Å²) in [6.45, 7) is 10.2. The van der Waals surface area contributed by atoms with Crippen LogP contribution in [0, 0.1) is 5.92 Å². The Hall–Kier alpha value is -0.940. The molecular formula is C14H27NO4. The number of rotatable bonds is 6. The molecular weight excluding hydrogens is 246 g/mol. The number of hydrogen-bond donors (Lipinski definition) is 2. The van der Waals surface area contributed by atoms with Crippen LogP contribution in [0.4, 0.5) is 0 Å². The van der Waals surface area contributed by atoms with Gasteiger partial charge in [0.2, 0.25) is 5.60 Å². The van der Waals surface area contributed by atoms with Crippen LogP contribution < -0.4 is 5.32 Å². The van der Waals surface area contributed by atoms with Crippen molar-refractivity contribution >= 4 is 11.8 Å². The summed E-state index contributed by atoms with van der Waals surface area (Å²) in [6, 6.07) is -0.567. The van der Waals surface area contributed by atoms with E-state index >= 15 is 0 Å². The summed E-state index contributed by atoms with van der Waals surface area (Å²) in [5.74, 6) is -1.19. The number of likely N-dealkylation sites (N-methyl/N-ethyl adjacent to an activating group) is 1. The lowest BCUT2D eigenvalue weighted by atomic mass is 9.90. The van der Waals surface area contributed by atoms with Crippen LogP contribution in [0.3, 0.4) is 0 Å². The van der Waals surface area contributed by atoms with Gasteiger partial charge in [0.15, 0.2) is 5.78 Å². The minimum absolute atomic E-state index is 0.274. The van der Waals surface area contributed by atoms with Gasteiger partial charge >= 0.3 is 5.97 Å². The Morgan fingerprint density at radius 3 is 2.00 bits per heavy atom. The molecule has 0 aromatic carbocycles. The molecule has 0 saturated heterocycles. The maximum absolute atomic E-state index is 12.2. The number of hydrogen-bond acceptors (Lipinski definition) is 5. The summed E-state index contributed by atoms with van der Waals surface area (Å²) in [5.41, 5.74) is -2.87. The van der Waals surface area contributed by atoms with Crippen LogP contribution in [0.1, 0.15) is 48.0 Å². The highest BCUT2D eigenvalue weighted by atomic mass is 16.6. The van der Waals surface area contributed by atoms with Crippen molar-refractivity contribution in [2.45, 2.75) is 65.2 Å². The average Bonchev–Trinajstić information content (AvgIpc) is 2.22. The van der Waals surface area contributed by atoms with Crippen molar-refractivity contribution in [3.63, 3.8) is 0 Å². The second kappa shape index (κ2) is 6.48. The van der Waals surface area contributed by atoms with Crippen molar-refractivity contribution < 1.29 is 19.4 Å². The van der Waals surface area contributed by atoms with Crippen LogP contribution in [0.25, 0.3) is 0 Å².